The first kappa shape index (κ1) is 19.2. The van der Waals surface area contributed by atoms with Gasteiger partial charge < -0.3 is 10.1 Å². The van der Waals surface area contributed by atoms with Crippen LogP contribution in [0.4, 0.5) is 15.8 Å². The van der Waals surface area contributed by atoms with Crippen LogP contribution in [-0.4, -0.2) is 36.7 Å². The molecule has 0 saturated carbocycles. The highest BCUT2D eigenvalue weighted by Gasteiger charge is 2.27. The number of ether oxygens (including phenoxy) is 1. The minimum Gasteiger partial charge on any atom is -0.454 e. The van der Waals surface area contributed by atoms with E-state index in [4.69, 9.17) is 16.3 Å². The monoisotopic (exact) mass is 408 g/mol. The maximum Gasteiger partial charge on any atom is 0.326 e. The molecule has 0 fully saturated rings. The number of benzene rings is 2. The summed E-state index contributed by atoms with van der Waals surface area (Å²) in [5.74, 6) is -2.12. The van der Waals surface area contributed by atoms with Crippen LogP contribution in [0.15, 0.2) is 47.4 Å². The molecule has 2 aromatic rings. The van der Waals surface area contributed by atoms with Crippen molar-refractivity contribution in [3.05, 3.63) is 53.3 Å². The van der Waals surface area contributed by atoms with Gasteiger partial charge in [0.25, 0.3) is 5.91 Å². The molecule has 0 unspecified atom stereocenters. The molecule has 0 spiro atoms. The zero-order valence-corrected chi connectivity index (χ0v) is 15.5. The van der Waals surface area contributed by atoms with Gasteiger partial charge in [0.05, 0.1) is 17.1 Å². The summed E-state index contributed by atoms with van der Waals surface area (Å²) in [5, 5.41) is 2.53. The van der Waals surface area contributed by atoms with E-state index < -0.39 is 24.3 Å². The van der Waals surface area contributed by atoms with E-state index in [0.29, 0.717) is 5.69 Å². The van der Waals surface area contributed by atoms with E-state index in [9.17, 15) is 18.8 Å². The molecule has 2 amide bonds. The Morgan fingerprint density at radius 1 is 1.26 bits per heavy atom. The molecular formula is C18H14ClFN2O4S. The van der Waals surface area contributed by atoms with Crippen LogP contribution in [0.1, 0.15) is 0 Å². The lowest BCUT2D eigenvalue weighted by Crippen LogP contribution is -2.40. The molecule has 0 aliphatic carbocycles. The van der Waals surface area contributed by atoms with E-state index >= 15 is 0 Å². The fraction of sp³-hybridized carbons (Fsp3) is 0.167. The maximum atomic E-state index is 13.6. The average Bonchev–Trinajstić information content (AvgIpc) is 2.65. The third-order valence-corrected chi connectivity index (χ3v) is 4.94. The summed E-state index contributed by atoms with van der Waals surface area (Å²) < 4.78 is 18.5. The van der Waals surface area contributed by atoms with E-state index in [0.717, 1.165) is 11.0 Å². The van der Waals surface area contributed by atoms with Gasteiger partial charge in [0.2, 0.25) is 5.91 Å². The first-order valence-electron chi connectivity index (χ1n) is 7.87. The number of nitrogens with zero attached hydrogens (tertiary/aromatic N) is 1. The Morgan fingerprint density at radius 2 is 2.04 bits per heavy atom. The first-order chi connectivity index (χ1) is 12.9. The maximum absolute atomic E-state index is 13.6. The van der Waals surface area contributed by atoms with Crippen molar-refractivity contribution in [3.8, 4) is 0 Å². The molecule has 0 atom stereocenters. The molecule has 2 aromatic carbocycles. The lowest BCUT2D eigenvalue weighted by atomic mass is 10.2. The van der Waals surface area contributed by atoms with Gasteiger partial charge in [0.1, 0.15) is 12.4 Å². The summed E-state index contributed by atoms with van der Waals surface area (Å²) in [4.78, 5) is 38.2. The molecule has 6 nitrogen and oxygen atoms in total. The topological polar surface area (TPSA) is 75.7 Å². The molecule has 3 rings (SSSR count). The van der Waals surface area contributed by atoms with Gasteiger partial charge in [-0.1, -0.05) is 23.7 Å². The lowest BCUT2D eigenvalue weighted by Gasteiger charge is -2.27. The second-order valence-corrected chi connectivity index (χ2v) is 7.02. The van der Waals surface area contributed by atoms with Crippen LogP contribution in [0.2, 0.25) is 5.02 Å². The number of rotatable bonds is 5. The number of amides is 2. The smallest absolute Gasteiger partial charge is 0.326 e. The minimum atomic E-state index is -0.744. The summed E-state index contributed by atoms with van der Waals surface area (Å²) in [5.41, 5.74) is 0.516. The van der Waals surface area contributed by atoms with E-state index in [1.807, 2.05) is 12.1 Å². The second-order valence-electron chi connectivity index (χ2n) is 5.57. The number of carbonyl (C=O) groups is 3. The van der Waals surface area contributed by atoms with Crippen molar-refractivity contribution >= 4 is 52.5 Å². The standard InChI is InChI=1S/C18H14ClFN2O4S/c19-11-5-6-12(20)13(7-11)21-16(23)9-26-18(25)8-22-14-3-1-2-4-15(14)27-10-17(22)24/h1-7H,8-10H2,(H,21,23). The van der Waals surface area contributed by atoms with Crippen LogP contribution in [-0.2, 0) is 19.1 Å². The Bertz CT molecular complexity index is 909. The highest BCUT2D eigenvalue weighted by Crippen LogP contribution is 2.34. The minimum absolute atomic E-state index is 0.110. The summed E-state index contributed by atoms with van der Waals surface area (Å²) >= 11 is 7.14. The summed E-state index contributed by atoms with van der Waals surface area (Å²) in [6, 6.07) is 10.9. The van der Waals surface area contributed by atoms with E-state index in [2.05, 4.69) is 5.32 Å². The van der Waals surface area contributed by atoms with Crippen molar-refractivity contribution in [2.75, 3.05) is 29.1 Å². The Kier molecular flexibility index (Phi) is 5.98. The average molecular weight is 409 g/mol. The molecule has 27 heavy (non-hydrogen) atoms. The molecule has 0 aromatic heterocycles. The Balaban J connectivity index is 1.56. The van der Waals surface area contributed by atoms with E-state index in [1.165, 1.54) is 28.8 Å². The zero-order valence-electron chi connectivity index (χ0n) is 13.9. The fourth-order valence-electron chi connectivity index (χ4n) is 2.43. The van der Waals surface area contributed by atoms with Gasteiger partial charge >= 0.3 is 5.97 Å². The third kappa shape index (κ3) is 4.78. The number of esters is 1. The SMILES string of the molecule is O=C(COC(=O)CN1C(=O)CSc2ccccc21)Nc1cc(Cl)ccc1F. The Hall–Kier alpha value is -2.58. The zero-order chi connectivity index (χ0) is 19.4. The van der Waals surface area contributed by atoms with E-state index in [1.54, 1.807) is 12.1 Å². The number of para-hydroxylation sites is 1. The molecule has 140 valence electrons. The molecule has 1 aliphatic heterocycles. The van der Waals surface area contributed by atoms with Crippen LogP contribution in [0.3, 0.4) is 0 Å². The molecule has 9 heteroatoms. The van der Waals surface area contributed by atoms with Gasteiger partial charge in [0.15, 0.2) is 6.61 Å². The molecular weight excluding hydrogens is 395 g/mol. The molecule has 0 saturated heterocycles. The van der Waals surface area contributed by atoms with Gasteiger partial charge in [0, 0.05) is 9.92 Å². The van der Waals surface area contributed by atoms with Crippen molar-refractivity contribution in [3.63, 3.8) is 0 Å². The molecule has 1 aliphatic rings. The van der Waals surface area contributed by atoms with Crippen molar-refractivity contribution in [2.45, 2.75) is 4.90 Å². The van der Waals surface area contributed by atoms with Crippen molar-refractivity contribution in [2.24, 2.45) is 0 Å². The van der Waals surface area contributed by atoms with E-state index in [-0.39, 0.29) is 28.9 Å². The lowest BCUT2D eigenvalue weighted by molar-refractivity contribution is -0.146. The van der Waals surface area contributed by atoms with Crippen LogP contribution in [0.5, 0.6) is 0 Å². The van der Waals surface area contributed by atoms with Crippen LogP contribution in [0.25, 0.3) is 0 Å². The summed E-state index contributed by atoms with van der Waals surface area (Å²) in [6.07, 6.45) is 0. The summed E-state index contributed by atoms with van der Waals surface area (Å²) in [6.45, 7) is -0.918. The number of nitrogens with one attached hydrogen (secondary N) is 1. The normalized spacial score (nSPS) is 13.1. The van der Waals surface area contributed by atoms with Crippen molar-refractivity contribution < 1.29 is 23.5 Å². The van der Waals surface area contributed by atoms with Gasteiger partial charge in [-0.25, -0.2) is 4.39 Å². The predicted octanol–water partition coefficient (Wildman–Crippen LogP) is 3.10. The number of fused-ring (bicyclic) bond motifs is 1. The number of hydrogen-bond donors (Lipinski definition) is 1. The van der Waals surface area contributed by atoms with Crippen LogP contribution in [0, 0.1) is 5.82 Å². The summed E-state index contributed by atoms with van der Waals surface area (Å²) in [7, 11) is 0. The Morgan fingerprint density at radius 3 is 2.85 bits per heavy atom. The second kappa shape index (κ2) is 8.41. The number of anilines is 2. The van der Waals surface area contributed by atoms with Gasteiger partial charge in [-0.05, 0) is 30.3 Å². The molecule has 0 radical (unpaired) electrons. The third-order valence-electron chi connectivity index (χ3n) is 3.66. The first-order valence-corrected chi connectivity index (χ1v) is 9.23. The molecule has 0 bridgehead atoms. The molecule has 1 N–H and O–H groups in total. The van der Waals surface area contributed by atoms with Crippen molar-refractivity contribution in [1.29, 1.82) is 0 Å². The predicted molar refractivity (Wildman–Crippen MR) is 101 cm³/mol. The molecule has 1 heterocycles. The van der Waals surface area contributed by atoms with Crippen LogP contribution >= 0.6 is 23.4 Å². The largest absolute Gasteiger partial charge is 0.454 e. The van der Waals surface area contributed by atoms with Crippen molar-refractivity contribution in [1.82, 2.24) is 0 Å². The number of carbonyl (C=O) groups excluding carboxylic acids is 3. The number of halogens is 2. The highest BCUT2D eigenvalue weighted by molar-refractivity contribution is 8.00. The van der Waals surface area contributed by atoms with Gasteiger partial charge in [-0.3, -0.25) is 19.3 Å². The van der Waals surface area contributed by atoms with Crippen LogP contribution < -0.4 is 10.2 Å². The van der Waals surface area contributed by atoms with Gasteiger partial charge in [-0.15, -0.1) is 11.8 Å². The highest BCUT2D eigenvalue weighted by atomic mass is 35.5. The Labute approximate surface area is 163 Å². The quantitative estimate of drug-likeness (QED) is 0.769. The fourth-order valence-corrected chi connectivity index (χ4v) is 3.54. The number of thioether (sulfide) groups is 1. The van der Waals surface area contributed by atoms with Gasteiger partial charge in [-0.2, -0.15) is 0 Å². The number of hydrogen-bond acceptors (Lipinski definition) is 5.